The smallest absolute Gasteiger partial charge is 0.0793 e. The van der Waals surface area contributed by atoms with E-state index in [1.54, 1.807) is 0 Å². The van der Waals surface area contributed by atoms with Crippen LogP contribution in [0.1, 0.15) is 30.6 Å². The minimum Gasteiger partial charge on any atom is -0.388 e. The van der Waals surface area contributed by atoms with Gasteiger partial charge in [0.05, 0.1) is 6.10 Å². The van der Waals surface area contributed by atoms with Gasteiger partial charge in [-0.1, -0.05) is 43.3 Å². The summed E-state index contributed by atoms with van der Waals surface area (Å²) in [7, 11) is 0. The van der Waals surface area contributed by atoms with Crippen molar-refractivity contribution in [3.63, 3.8) is 0 Å². The Morgan fingerprint density at radius 1 is 1.07 bits per heavy atom. The molecule has 0 heterocycles. The topological polar surface area (TPSA) is 20.2 Å². The first-order chi connectivity index (χ1) is 7.24. The molecule has 0 aliphatic heterocycles. The van der Waals surface area contributed by atoms with E-state index < -0.39 is 0 Å². The molecular formula is C14H16O. The Labute approximate surface area is 90.4 Å². The average molecular weight is 200 g/mol. The highest BCUT2D eigenvalue weighted by atomic mass is 16.3. The lowest BCUT2D eigenvalue weighted by atomic mass is 9.96. The molecule has 2 aromatic carbocycles. The highest BCUT2D eigenvalue weighted by Gasteiger charge is 2.09. The van der Waals surface area contributed by atoms with Gasteiger partial charge in [0.25, 0.3) is 0 Å². The third-order valence-corrected chi connectivity index (χ3v) is 2.92. The van der Waals surface area contributed by atoms with E-state index in [0.29, 0.717) is 0 Å². The molecule has 1 atom stereocenters. The molecule has 0 aliphatic carbocycles. The van der Waals surface area contributed by atoms with Crippen LogP contribution >= 0.6 is 0 Å². The standard InChI is InChI=1S/C14H16O/c1-3-14(15)13-9-8-10(2)11-6-4-5-7-12(11)13/h4-9,14-15H,3H2,1-2H3. The van der Waals surface area contributed by atoms with E-state index in [9.17, 15) is 5.11 Å². The molecule has 1 unspecified atom stereocenters. The first-order valence-corrected chi connectivity index (χ1v) is 5.40. The molecule has 78 valence electrons. The number of rotatable bonds is 2. The lowest BCUT2D eigenvalue weighted by molar-refractivity contribution is 0.175. The van der Waals surface area contributed by atoms with Crippen LogP contribution in [0.3, 0.4) is 0 Å². The number of benzene rings is 2. The van der Waals surface area contributed by atoms with Gasteiger partial charge in [0.15, 0.2) is 0 Å². The normalized spacial score (nSPS) is 13.0. The Morgan fingerprint density at radius 3 is 2.40 bits per heavy atom. The van der Waals surface area contributed by atoms with Crippen LogP contribution in [0, 0.1) is 6.92 Å². The maximum atomic E-state index is 9.92. The van der Waals surface area contributed by atoms with Crippen LogP contribution in [0.2, 0.25) is 0 Å². The van der Waals surface area contributed by atoms with Gasteiger partial charge in [-0.15, -0.1) is 0 Å². The molecule has 0 bridgehead atoms. The molecule has 0 amide bonds. The molecule has 0 saturated heterocycles. The van der Waals surface area contributed by atoms with Gasteiger partial charge < -0.3 is 5.11 Å². The zero-order chi connectivity index (χ0) is 10.8. The van der Waals surface area contributed by atoms with Gasteiger partial charge in [-0.25, -0.2) is 0 Å². The van der Waals surface area contributed by atoms with Crippen LogP contribution in [0.4, 0.5) is 0 Å². The summed E-state index contributed by atoms with van der Waals surface area (Å²) in [6, 6.07) is 12.4. The molecule has 0 saturated carbocycles. The number of fused-ring (bicyclic) bond motifs is 1. The van der Waals surface area contributed by atoms with E-state index in [2.05, 4.69) is 25.1 Å². The molecule has 0 aromatic heterocycles. The van der Waals surface area contributed by atoms with E-state index in [-0.39, 0.29) is 6.10 Å². The lowest BCUT2D eigenvalue weighted by Gasteiger charge is -2.13. The zero-order valence-electron chi connectivity index (χ0n) is 9.20. The maximum Gasteiger partial charge on any atom is 0.0793 e. The largest absolute Gasteiger partial charge is 0.388 e. The highest BCUT2D eigenvalue weighted by molar-refractivity contribution is 5.88. The highest BCUT2D eigenvalue weighted by Crippen LogP contribution is 2.28. The van der Waals surface area contributed by atoms with Gasteiger partial charge in [-0.3, -0.25) is 0 Å². The molecule has 2 rings (SSSR count). The van der Waals surface area contributed by atoms with Crippen molar-refractivity contribution in [2.24, 2.45) is 0 Å². The van der Waals surface area contributed by atoms with E-state index >= 15 is 0 Å². The van der Waals surface area contributed by atoms with Crippen molar-refractivity contribution in [3.8, 4) is 0 Å². The van der Waals surface area contributed by atoms with E-state index in [4.69, 9.17) is 0 Å². The van der Waals surface area contributed by atoms with Crippen molar-refractivity contribution < 1.29 is 5.11 Å². The van der Waals surface area contributed by atoms with Gasteiger partial charge in [-0.2, -0.15) is 0 Å². The SMILES string of the molecule is CCC(O)c1ccc(C)c2ccccc12. The number of aliphatic hydroxyl groups is 1. The number of hydrogen-bond donors (Lipinski definition) is 1. The monoisotopic (exact) mass is 200 g/mol. The average Bonchev–Trinajstić information content (AvgIpc) is 2.29. The van der Waals surface area contributed by atoms with Crippen molar-refractivity contribution in [3.05, 3.63) is 47.5 Å². The Hall–Kier alpha value is -1.34. The van der Waals surface area contributed by atoms with Crippen LogP contribution in [-0.4, -0.2) is 5.11 Å². The zero-order valence-corrected chi connectivity index (χ0v) is 9.20. The summed E-state index contributed by atoms with van der Waals surface area (Å²) in [5.41, 5.74) is 2.30. The van der Waals surface area contributed by atoms with Gasteiger partial charge in [-0.05, 0) is 35.2 Å². The fourth-order valence-electron chi connectivity index (χ4n) is 1.98. The van der Waals surface area contributed by atoms with Crippen LogP contribution in [-0.2, 0) is 0 Å². The molecule has 0 spiro atoms. The fraction of sp³-hybridized carbons (Fsp3) is 0.286. The lowest BCUT2D eigenvalue weighted by Crippen LogP contribution is -1.96. The van der Waals surface area contributed by atoms with Crippen LogP contribution < -0.4 is 0 Å². The predicted octanol–water partition coefficient (Wildman–Crippen LogP) is 3.59. The summed E-state index contributed by atoms with van der Waals surface area (Å²) >= 11 is 0. The maximum absolute atomic E-state index is 9.92. The second-order valence-corrected chi connectivity index (χ2v) is 3.94. The second kappa shape index (κ2) is 4.03. The molecule has 0 fully saturated rings. The van der Waals surface area contributed by atoms with E-state index in [1.807, 2.05) is 25.1 Å². The summed E-state index contributed by atoms with van der Waals surface area (Å²) in [5.74, 6) is 0. The Kier molecular flexibility index (Phi) is 2.74. The Morgan fingerprint density at radius 2 is 1.73 bits per heavy atom. The first kappa shape index (κ1) is 10.2. The molecule has 2 aromatic rings. The summed E-state index contributed by atoms with van der Waals surface area (Å²) in [5, 5.41) is 12.3. The van der Waals surface area contributed by atoms with E-state index in [0.717, 1.165) is 12.0 Å². The van der Waals surface area contributed by atoms with Crippen molar-refractivity contribution >= 4 is 10.8 Å². The predicted molar refractivity (Wildman–Crippen MR) is 63.9 cm³/mol. The minimum absolute atomic E-state index is 0.351. The molecule has 1 nitrogen and oxygen atoms in total. The van der Waals surface area contributed by atoms with E-state index in [1.165, 1.54) is 16.3 Å². The van der Waals surface area contributed by atoms with Gasteiger partial charge in [0, 0.05) is 0 Å². The minimum atomic E-state index is -0.351. The summed E-state index contributed by atoms with van der Waals surface area (Å²) < 4.78 is 0. The molecular weight excluding hydrogens is 184 g/mol. The Balaban J connectivity index is 2.71. The number of hydrogen-bond acceptors (Lipinski definition) is 1. The third kappa shape index (κ3) is 1.75. The van der Waals surface area contributed by atoms with Crippen LogP contribution in [0.5, 0.6) is 0 Å². The molecule has 1 heteroatoms. The molecule has 1 N–H and O–H groups in total. The summed E-state index contributed by atoms with van der Waals surface area (Å²) in [4.78, 5) is 0. The number of aryl methyl sites for hydroxylation is 1. The fourth-order valence-corrected chi connectivity index (χ4v) is 1.98. The van der Waals surface area contributed by atoms with Gasteiger partial charge in [0.2, 0.25) is 0 Å². The second-order valence-electron chi connectivity index (χ2n) is 3.94. The van der Waals surface area contributed by atoms with Gasteiger partial charge >= 0.3 is 0 Å². The number of aliphatic hydroxyl groups excluding tert-OH is 1. The molecule has 0 radical (unpaired) electrons. The summed E-state index contributed by atoms with van der Waals surface area (Å²) in [6.07, 6.45) is 0.406. The van der Waals surface area contributed by atoms with Crippen molar-refractivity contribution in [1.29, 1.82) is 0 Å². The quantitative estimate of drug-likeness (QED) is 0.785. The van der Waals surface area contributed by atoms with Gasteiger partial charge in [0.1, 0.15) is 0 Å². The molecule has 15 heavy (non-hydrogen) atoms. The van der Waals surface area contributed by atoms with Crippen LogP contribution in [0.15, 0.2) is 36.4 Å². The molecule has 0 aliphatic rings. The van der Waals surface area contributed by atoms with Crippen LogP contribution in [0.25, 0.3) is 10.8 Å². The van der Waals surface area contributed by atoms with Crippen molar-refractivity contribution in [2.75, 3.05) is 0 Å². The third-order valence-electron chi connectivity index (χ3n) is 2.92. The van der Waals surface area contributed by atoms with Crippen molar-refractivity contribution in [2.45, 2.75) is 26.4 Å². The Bertz CT molecular complexity index is 474. The first-order valence-electron chi connectivity index (χ1n) is 5.40. The van der Waals surface area contributed by atoms with Crippen molar-refractivity contribution in [1.82, 2.24) is 0 Å². The summed E-state index contributed by atoms with van der Waals surface area (Å²) in [6.45, 7) is 4.10.